The van der Waals surface area contributed by atoms with E-state index in [-0.39, 0.29) is 55.7 Å². The van der Waals surface area contributed by atoms with E-state index in [0.29, 0.717) is 0 Å². The zero-order chi connectivity index (χ0) is 28.6. The third-order valence-electron chi connectivity index (χ3n) is 6.09. The van der Waals surface area contributed by atoms with Crippen LogP contribution >= 0.6 is 0 Å². The molecule has 4 aromatic rings. The first-order valence-corrected chi connectivity index (χ1v) is 11.3. The maximum absolute atomic E-state index is 13.7. The fourth-order valence-corrected chi connectivity index (χ4v) is 4.21. The Hall–Kier alpha value is -5.19. The summed E-state index contributed by atoms with van der Waals surface area (Å²) < 4.78 is 25.7. The van der Waals surface area contributed by atoms with Gasteiger partial charge in [0.1, 0.15) is 28.4 Å². The van der Waals surface area contributed by atoms with Crippen LogP contribution in [0.5, 0.6) is 17.2 Å². The molecule has 3 aromatic carbocycles. The molecule has 1 N–H and O–H groups in total. The Kier molecular flexibility index (Phi) is 7.09. The van der Waals surface area contributed by atoms with Gasteiger partial charge in [-0.25, -0.2) is 9.59 Å². The summed E-state index contributed by atoms with van der Waals surface area (Å²) in [6.07, 6.45) is 0. The van der Waals surface area contributed by atoms with Crippen LogP contribution in [-0.2, 0) is 9.47 Å². The fraction of sp³-hybridized carbons (Fsp3) is 0.179. The van der Waals surface area contributed by atoms with Gasteiger partial charge in [0, 0.05) is 17.7 Å². The maximum atomic E-state index is 13.7. The van der Waals surface area contributed by atoms with Gasteiger partial charge >= 0.3 is 11.9 Å². The van der Waals surface area contributed by atoms with Crippen LogP contribution in [0, 0.1) is 0 Å². The molecule has 0 aliphatic carbocycles. The number of Topliss-reactive ketones (excluding diaryl/α,β-unsaturated/α-hetero) is 1. The lowest BCUT2D eigenvalue weighted by molar-refractivity contribution is 0.0591. The van der Waals surface area contributed by atoms with Gasteiger partial charge in [0.25, 0.3) is 0 Å². The standard InChI is InChI=1S/C28H22O11/c1-12(29)16-6-13(24(31)22-17(27(33)37-4)8-14(35-2)10-20(22)30)7-19-25(32)23-18(28(34)38-5)9-15(36-3)11-21(23)39-26(16)19/h6-11,30H,1-5H3. The molecule has 0 fully saturated rings. The number of carbonyl (C=O) groups is 4. The van der Waals surface area contributed by atoms with Crippen molar-refractivity contribution in [1.82, 2.24) is 0 Å². The van der Waals surface area contributed by atoms with Gasteiger partial charge < -0.3 is 28.5 Å². The summed E-state index contributed by atoms with van der Waals surface area (Å²) in [5.74, 6) is -3.49. The Morgan fingerprint density at radius 1 is 0.769 bits per heavy atom. The van der Waals surface area contributed by atoms with Crippen molar-refractivity contribution in [3.63, 3.8) is 0 Å². The Morgan fingerprint density at radius 2 is 1.36 bits per heavy atom. The normalized spacial score (nSPS) is 10.8. The molecule has 0 radical (unpaired) electrons. The van der Waals surface area contributed by atoms with Crippen LogP contribution in [-0.4, -0.2) is 57.1 Å². The van der Waals surface area contributed by atoms with Crippen LogP contribution in [0.4, 0.5) is 0 Å². The first-order chi connectivity index (χ1) is 18.6. The molecule has 1 aromatic heterocycles. The quantitative estimate of drug-likeness (QED) is 0.210. The van der Waals surface area contributed by atoms with Crippen molar-refractivity contribution in [2.45, 2.75) is 6.92 Å². The number of fused-ring (bicyclic) bond motifs is 2. The van der Waals surface area contributed by atoms with E-state index in [0.717, 1.165) is 26.4 Å². The van der Waals surface area contributed by atoms with Crippen molar-refractivity contribution < 1.29 is 47.6 Å². The van der Waals surface area contributed by atoms with Gasteiger partial charge in [0.2, 0.25) is 5.43 Å². The minimum absolute atomic E-state index is 0.0467. The number of methoxy groups -OCH3 is 4. The van der Waals surface area contributed by atoms with Crippen molar-refractivity contribution in [3.05, 3.63) is 74.4 Å². The highest BCUT2D eigenvalue weighted by atomic mass is 16.5. The van der Waals surface area contributed by atoms with Crippen molar-refractivity contribution in [2.24, 2.45) is 0 Å². The molecule has 0 aliphatic heterocycles. The predicted molar refractivity (Wildman–Crippen MR) is 137 cm³/mol. The van der Waals surface area contributed by atoms with E-state index >= 15 is 0 Å². The monoisotopic (exact) mass is 534 g/mol. The van der Waals surface area contributed by atoms with Crippen LogP contribution < -0.4 is 14.9 Å². The molecule has 0 aliphatic rings. The molecule has 11 heteroatoms. The number of hydrogen-bond donors (Lipinski definition) is 1. The molecule has 0 bridgehead atoms. The number of ketones is 2. The highest BCUT2D eigenvalue weighted by Gasteiger charge is 2.27. The van der Waals surface area contributed by atoms with Crippen LogP contribution in [0.15, 0.2) is 45.6 Å². The number of benzene rings is 3. The van der Waals surface area contributed by atoms with Crippen molar-refractivity contribution in [1.29, 1.82) is 0 Å². The fourth-order valence-electron chi connectivity index (χ4n) is 4.21. The third-order valence-corrected chi connectivity index (χ3v) is 6.09. The smallest absolute Gasteiger partial charge is 0.338 e. The summed E-state index contributed by atoms with van der Waals surface area (Å²) in [7, 11) is 4.90. The Morgan fingerprint density at radius 3 is 1.95 bits per heavy atom. The molecule has 0 unspecified atom stereocenters. The molecule has 200 valence electrons. The highest BCUT2D eigenvalue weighted by molar-refractivity contribution is 6.19. The molecule has 11 nitrogen and oxygen atoms in total. The topological polar surface area (TPSA) is 156 Å². The third kappa shape index (κ3) is 4.54. The number of rotatable bonds is 7. The van der Waals surface area contributed by atoms with E-state index in [1.54, 1.807) is 0 Å². The summed E-state index contributed by atoms with van der Waals surface area (Å²) in [6, 6.07) is 7.37. The lowest BCUT2D eigenvalue weighted by Crippen LogP contribution is -2.15. The molecule has 0 amide bonds. The summed E-state index contributed by atoms with van der Waals surface area (Å²) >= 11 is 0. The first-order valence-electron chi connectivity index (χ1n) is 11.3. The second kappa shape index (κ2) is 10.3. The van der Waals surface area contributed by atoms with Crippen LogP contribution in [0.2, 0.25) is 0 Å². The van der Waals surface area contributed by atoms with E-state index in [1.807, 2.05) is 0 Å². The van der Waals surface area contributed by atoms with Crippen molar-refractivity contribution in [2.75, 3.05) is 28.4 Å². The molecule has 0 atom stereocenters. The Bertz CT molecular complexity index is 1760. The van der Waals surface area contributed by atoms with E-state index in [4.69, 9.17) is 23.4 Å². The van der Waals surface area contributed by atoms with Gasteiger partial charge in [-0.15, -0.1) is 0 Å². The largest absolute Gasteiger partial charge is 0.507 e. The number of aromatic hydroxyl groups is 1. The zero-order valence-corrected chi connectivity index (χ0v) is 21.5. The van der Waals surface area contributed by atoms with Crippen molar-refractivity contribution >= 4 is 45.4 Å². The predicted octanol–water partition coefficient (Wildman–Crippen LogP) is 3.68. The molecule has 4 rings (SSSR count). The lowest BCUT2D eigenvalue weighted by atomic mass is 9.93. The SMILES string of the molecule is COC(=O)c1cc(OC)cc(O)c1C(=O)c1cc(C(C)=O)c2oc3cc(OC)cc(C(=O)OC)c3c(=O)c2c1. The van der Waals surface area contributed by atoms with Crippen LogP contribution in [0.3, 0.4) is 0 Å². The van der Waals surface area contributed by atoms with Gasteiger partial charge in [-0.3, -0.25) is 14.4 Å². The van der Waals surface area contributed by atoms with Crippen LogP contribution in [0.25, 0.3) is 21.9 Å². The second-order valence-corrected chi connectivity index (χ2v) is 8.32. The summed E-state index contributed by atoms with van der Waals surface area (Å²) in [5.41, 5.74) is -2.11. The average Bonchev–Trinajstić information content (AvgIpc) is 2.94. The van der Waals surface area contributed by atoms with Crippen molar-refractivity contribution in [3.8, 4) is 17.2 Å². The second-order valence-electron chi connectivity index (χ2n) is 8.32. The van der Waals surface area contributed by atoms with E-state index in [1.165, 1.54) is 45.4 Å². The maximum Gasteiger partial charge on any atom is 0.338 e. The number of esters is 2. The van der Waals surface area contributed by atoms with Gasteiger partial charge in [-0.05, 0) is 31.2 Å². The van der Waals surface area contributed by atoms with Gasteiger partial charge in [-0.2, -0.15) is 0 Å². The number of carbonyl (C=O) groups excluding carboxylic acids is 4. The van der Waals surface area contributed by atoms with Gasteiger partial charge in [-0.1, -0.05) is 0 Å². The Labute approximate surface area is 220 Å². The number of hydrogen-bond acceptors (Lipinski definition) is 11. The van der Waals surface area contributed by atoms with E-state index < -0.39 is 40.2 Å². The number of ether oxygens (including phenoxy) is 4. The average molecular weight is 534 g/mol. The highest BCUT2D eigenvalue weighted by Crippen LogP contribution is 2.33. The summed E-state index contributed by atoms with van der Waals surface area (Å²) in [5, 5.41) is 10.3. The Balaban J connectivity index is 2.09. The molecular weight excluding hydrogens is 512 g/mol. The number of phenols is 1. The molecule has 39 heavy (non-hydrogen) atoms. The number of phenolic OH excluding ortho intramolecular Hbond substituents is 1. The first kappa shape index (κ1) is 26.9. The minimum atomic E-state index is -0.928. The minimum Gasteiger partial charge on any atom is -0.507 e. The molecule has 0 saturated heterocycles. The molecule has 0 spiro atoms. The van der Waals surface area contributed by atoms with Gasteiger partial charge in [0.05, 0.1) is 61.5 Å². The lowest BCUT2D eigenvalue weighted by Gasteiger charge is -2.13. The van der Waals surface area contributed by atoms with E-state index in [9.17, 15) is 29.1 Å². The van der Waals surface area contributed by atoms with E-state index in [2.05, 4.69) is 0 Å². The molecular formula is C28H22O11. The van der Waals surface area contributed by atoms with Crippen LogP contribution in [0.1, 0.15) is 53.9 Å². The molecule has 1 heterocycles. The summed E-state index contributed by atoms with van der Waals surface area (Å²) in [4.78, 5) is 64.9. The molecule has 0 saturated carbocycles. The van der Waals surface area contributed by atoms with Gasteiger partial charge in [0.15, 0.2) is 11.6 Å². The summed E-state index contributed by atoms with van der Waals surface area (Å²) in [6.45, 7) is 1.21. The zero-order valence-electron chi connectivity index (χ0n) is 21.5.